The highest BCUT2D eigenvalue weighted by atomic mass is 35.5. The van der Waals surface area contributed by atoms with Crippen LogP contribution >= 0.6 is 46.1 Å². The number of aromatic nitrogens is 1. The van der Waals surface area contributed by atoms with E-state index in [0.717, 1.165) is 27.6 Å². The lowest BCUT2D eigenvalue weighted by molar-refractivity contribution is 0.0955. The number of anilines is 2. The van der Waals surface area contributed by atoms with E-state index < -0.39 is 0 Å². The van der Waals surface area contributed by atoms with Crippen molar-refractivity contribution in [3.8, 4) is 17.0 Å². The molecule has 6 nitrogen and oxygen atoms in total. The second kappa shape index (κ2) is 13.0. The molecule has 0 aliphatic carbocycles. The van der Waals surface area contributed by atoms with Gasteiger partial charge in [0.1, 0.15) is 6.61 Å². The maximum absolute atomic E-state index is 12.6. The number of halogens is 3. The first-order valence-corrected chi connectivity index (χ1v) is 14.0. The summed E-state index contributed by atoms with van der Waals surface area (Å²) in [6, 6.07) is 27.6. The van der Waals surface area contributed by atoms with Gasteiger partial charge in [-0.1, -0.05) is 77.3 Å². The lowest BCUT2D eigenvalue weighted by Crippen LogP contribution is -2.17. The summed E-state index contributed by atoms with van der Waals surface area (Å²) in [6.45, 7) is 0.340. The maximum Gasteiger partial charge on any atom is 0.271 e. The molecule has 0 atom stereocenters. The van der Waals surface area contributed by atoms with Crippen LogP contribution in [0.1, 0.15) is 21.5 Å². The van der Waals surface area contributed by atoms with Crippen molar-refractivity contribution >= 4 is 69.1 Å². The standard InChI is InChI=1S/C30H21Cl3N4O2S/c31-23-10-12-24(13-11-23)35-30-36-27(18-40-30)21-6-8-22(9-7-21)29(38)37-34-16-20-14-25(32)28(26(33)15-20)39-17-19-4-2-1-3-5-19/h1-16,18H,17H2,(H,35,36)(H,37,38)/b34-16-. The van der Waals surface area contributed by atoms with Gasteiger partial charge in [0.05, 0.1) is 22.0 Å². The van der Waals surface area contributed by atoms with Gasteiger partial charge in [-0.25, -0.2) is 10.4 Å². The number of carbonyl (C=O) groups is 1. The highest BCUT2D eigenvalue weighted by Gasteiger charge is 2.11. The van der Waals surface area contributed by atoms with E-state index in [1.54, 1.807) is 24.3 Å². The van der Waals surface area contributed by atoms with Crippen LogP contribution in [0.25, 0.3) is 11.3 Å². The monoisotopic (exact) mass is 606 g/mol. The summed E-state index contributed by atoms with van der Waals surface area (Å²) >= 11 is 20.2. The number of nitrogens with one attached hydrogen (secondary N) is 2. The van der Waals surface area contributed by atoms with Crippen LogP contribution in [0.2, 0.25) is 15.1 Å². The van der Waals surface area contributed by atoms with Gasteiger partial charge in [0, 0.05) is 27.2 Å². The van der Waals surface area contributed by atoms with Crippen molar-refractivity contribution < 1.29 is 9.53 Å². The van der Waals surface area contributed by atoms with Gasteiger partial charge >= 0.3 is 0 Å². The molecule has 4 aromatic carbocycles. The van der Waals surface area contributed by atoms with Crippen LogP contribution in [0.15, 0.2) is 101 Å². The molecule has 2 N–H and O–H groups in total. The van der Waals surface area contributed by atoms with Gasteiger partial charge in [-0.05, 0) is 59.7 Å². The number of thiazole rings is 1. The summed E-state index contributed by atoms with van der Waals surface area (Å²) in [6.07, 6.45) is 1.47. The summed E-state index contributed by atoms with van der Waals surface area (Å²) in [5.74, 6) is 0.0348. The number of ether oxygens (including phenoxy) is 1. The molecule has 5 aromatic rings. The van der Waals surface area contributed by atoms with Gasteiger partial charge in [-0.2, -0.15) is 5.10 Å². The Hall–Kier alpha value is -3.88. The van der Waals surface area contributed by atoms with E-state index in [2.05, 4.69) is 20.8 Å². The zero-order valence-electron chi connectivity index (χ0n) is 20.8. The molecule has 0 bridgehead atoms. The van der Waals surface area contributed by atoms with E-state index in [1.165, 1.54) is 17.6 Å². The van der Waals surface area contributed by atoms with Crippen LogP contribution in [-0.2, 0) is 6.61 Å². The predicted octanol–water partition coefficient (Wildman–Crippen LogP) is 8.86. The number of carbonyl (C=O) groups excluding carboxylic acids is 1. The van der Waals surface area contributed by atoms with Crippen molar-refractivity contribution in [3.05, 3.63) is 128 Å². The summed E-state index contributed by atoms with van der Waals surface area (Å²) < 4.78 is 5.79. The predicted molar refractivity (Wildman–Crippen MR) is 165 cm³/mol. The fraction of sp³-hybridized carbons (Fsp3) is 0.0333. The molecule has 0 saturated carbocycles. The Morgan fingerprint density at radius 1 is 0.925 bits per heavy atom. The molecule has 0 saturated heterocycles. The zero-order chi connectivity index (χ0) is 27.9. The third-order valence-corrected chi connectivity index (χ3v) is 7.24. The lowest BCUT2D eigenvalue weighted by Gasteiger charge is -2.11. The highest BCUT2D eigenvalue weighted by Crippen LogP contribution is 2.34. The molecule has 0 unspecified atom stereocenters. The fourth-order valence-corrected chi connectivity index (χ4v) is 5.14. The van der Waals surface area contributed by atoms with Gasteiger partial charge < -0.3 is 10.1 Å². The van der Waals surface area contributed by atoms with Crippen LogP contribution in [-0.4, -0.2) is 17.1 Å². The van der Waals surface area contributed by atoms with Crippen molar-refractivity contribution in [3.63, 3.8) is 0 Å². The molecule has 0 aliphatic rings. The number of hydrazone groups is 1. The average molecular weight is 608 g/mol. The van der Waals surface area contributed by atoms with Crippen LogP contribution in [0, 0.1) is 0 Å². The molecule has 0 fully saturated rings. The quantitative estimate of drug-likeness (QED) is 0.130. The molecular weight excluding hydrogens is 587 g/mol. The second-order valence-electron chi connectivity index (χ2n) is 8.53. The number of nitrogens with zero attached hydrogens (tertiary/aromatic N) is 2. The van der Waals surface area contributed by atoms with Gasteiger partial charge in [0.2, 0.25) is 0 Å². The molecule has 5 rings (SSSR count). The summed E-state index contributed by atoms with van der Waals surface area (Å²) in [5.41, 5.74) is 7.18. The Kier molecular flexibility index (Phi) is 8.98. The minimum absolute atomic E-state index is 0.340. The molecule has 0 spiro atoms. The molecule has 10 heteroatoms. The number of rotatable bonds is 9. The first kappa shape index (κ1) is 27.7. The Labute approximate surface area is 250 Å². The van der Waals surface area contributed by atoms with E-state index in [4.69, 9.17) is 39.5 Å². The van der Waals surface area contributed by atoms with Crippen LogP contribution in [0.5, 0.6) is 5.75 Å². The topological polar surface area (TPSA) is 75.6 Å². The summed E-state index contributed by atoms with van der Waals surface area (Å²) in [7, 11) is 0. The van der Waals surface area contributed by atoms with Gasteiger partial charge in [-0.3, -0.25) is 4.79 Å². The highest BCUT2D eigenvalue weighted by molar-refractivity contribution is 7.14. The SMILES string of the molecule is O=C(N/N=C\c1cc(Cl)c(OCc2ccccc2)c(Cl)c1)c1ccc(-c2csc(Nc3ccc(Cl)cc3)n2)cc1. The third kappa shape index (κ3) is 7.20. The van der Waals surface area contributed by atoms with Crippen molar-refractivity contribution in [2.45, 2.75) is 6.61 Å². The normalized spacial score (nSPS) is 11.0. The van der Waals surface area contributed by atoms with Gasteiger partial charge in [0.25, 0.3) is 5.91 Å². The molecular formula is C30H21Cl3N4O2S. The van der Waals surface area contributed by atoms with Crippen molar-refractivity contribution in [2.75, 3.05) is 5.32 Å². The fourth-order valence-electron chi connectivity index (χ4n) is 3.66. The van der Waals surface area contributed by atoms with Crippen LogP contribution in [0.4, 0.5) is 10.8 Å². The maximum atomic E-state index is 12.6. The first-order chi connectivity index (χ1) is 19.4. The van der Waals surface area contributed by atoms with Gasteiger partial charge in [-0.15, -0.1) is 11.3 Å². The molecule has 1 amide bonds. The minimum atomic E-state index is -0.355. The van der Waals surface area contributed by atoms with Crippen molar-refractivity contribution in [1.29, 1.82) is 0 Å². The number of hydrogen-bond donors (Lipinski definition) is 2. The van der Waals surface area contributed by atoms with E-state index in [0.29, 0.717) is 38.6 Å². The molecule has 1 aromatic heterocycles. The van der Waals surface area contributed by atoms with E-state index >= 15 is 0 Å². The van der Waals surface area contributed by atoms with Crippen LogP contribution < -0.4 is 15.5 Å². The Bertz CT molecular complexity index is 1620. The second-order valence-corrected chi connectivity index (χ2v) is 10.6. The molecule has 0 aliphatic heterocycles. The summed E-state index contributed by atoms with van der Waals surface area (Å²) in [5, 5.41) is 11.4. The zero-order valence-corrected chi connectivity index (χ0v) is 23.9. The number of amides is 1. The Morgan fingerprint density at radius 2 is 1.62 bits per heavy atom. The Morgan fingerprint density at radius 3 is 2.33 bits per heavy atom. The summed E-state index contributed by atoms with van der Waals surface area (Å²) in [4.78, 5) is 17.2. The van der Waals surface area contributed by atoms with E-state index in [1.807, 2.05) is 72.1 Å². The van der Waals surface area contributed by atoms with E-state index in [-0.39, 0.29) is 5.91 Å². The largest absolute Gasteiger partial charge is 0.486 e. The smallest absolute Gasteiger partial charge is 0.271 e. The minimum Gasteiger partial charge on any atom is -0.486 e. The Balaban J connectivity index is 1.17. The number of hydrogen-bond acceptors (Lipinski definition) is 6. The molecule has 1 heterocycles. The average Bonchev–Trinajstić information content (AvgIpc) is 3.43. The molecule has 0 radical (unpaired) electrons. The van der Waals surface area contributed by atoms with Crippen molar-refractivity contribution in [2.24, 2.45) is 5.10 Å². The van der Waals surface area contributed by atoms with Crippen LogP contribution in [0.3, 0.4) is 0 Å². The number of benzene rings is 4. The first-order valence-electron chi connectivity index (χ1n) is 12.0. The molecule has 40 heavy (non-hydrogen) atoms. The molecule has 200 valence electrons. The van der Waals surface area contributed by atoms with E-state index in [9.17, 15) is 4.79 Å². The van der Waals surface area contributed by atoms with Gasteiger partial charge in [0.15, 0.2) is 10.9 Å². The lowest BCUT2D eigenvalue weighted by atomic mass is 10.1. The van der Waals surface area contributed by atoms with Crippen molar-refractivity contribution in [1.82, 2.24) is 10.4 Å². The third-order valence-electron chi connectivity index (χ3n) is 5.67.